The van der Waals surface area contributed by atoms with Gasteiger partial charge in [-0.2, -0.15) is 0 Å². The molecular weight excluding hydrogens is 439 g/mol. The third kappa shape index (κ3) is 4.95. The molecule has 3 N–H and O–H groups in total. The number of hydrogen-bond acceptors (Lipinski definition) is 5. The number of primary amides is 1. The van der Waals surface area contributed by atoms with Crippen molar-refractivity contribution in [1.82, 2.24) is 9.88 Å². The molecule has 0 atom stereocenters. The second kappa shape index (κ2) is 9.35. The summed E-state index contributed by atoms with van der Waals surface area (Å²) in [6, 6.07) is 12.9. The number of halogens is 2. The molecule has 5 nitrogen and oxygen atoms in total. The molecule has 3 heterocycles. The Hall–Kier alpha value is -2.12. The van der Waals surface area contributed by atoms with Crippen molar-refractivity contribution in [1.29, 1.82) is 0 Å². The van der Waals surface area contributed by atoms with Crippen LogP contribution in [-0.2, 0) is 6.54 Å². The van der Waals surface area contributed by atoms with Crippen molar-refractivity contribution < 1.29 is 4.79 Å². The molecule has 1 aliphatic heterocycles. The molecule has 0 bridgehead atoms. The smallest absolute Gasteiger partial charge is 0.251 e. The van der Waals surface area contributed by atoms with Crippen LogP contribution >= 0.6 is 34.5 Å². The Morgan fingerprint density at radius 1 is 1.13 bits per heavy atom. The predicted molar refractivity (Wildman–Crippen MR) is 125 cm³/mol. The van der Waals surface area contributed by atoms with Gasteiger partial charge in [-0.15, -0.1) is 11.3 Å². The number of nitrogens with two attached hydrogens (primary N) is 1. The Morgan fingerprint density at radius 3 is 2.70 bits per heavy atom. The van der Waals surface area contributed by atoms with E-state index in [1.807, 2.05) is 18.2 Å². The third-order valence-electron chi connectivity index (χ3n) is 5.07. The number of aromatic nitrogens is 1. The molecule has 0 aliphatic carbocycles. The highest BCUT2D eigenvalue weighted by Gasteiger charge is 2.18. The van der Waals surface area contributed by atoms with Crippen LogP contribution in [0.3, 0.4) is 0 Å². The van der Waals surface area contributed by atoms with Gasteiger partial charge in [-0.1, -0.05) is 35.7 Å². The van der Waals surface area contributed by atoms with Crippen LogP contribution < -0.4 is 11.1 Å². The third-order valence-corrected chi connectivity index (χ3v) is 6.72. The zero-order valence-corrected chi connectivity index (χ0v) is 18.7. The summed E-state index contributed by atoms with van der Waals surface area (Å²) in [5.41, 5.74) is 7.78. The molecule has 8 heteroatoms. The van der Waals surface area contributed by atoms with Crippen molar-refractivity contribution in [2.24, 2.45) is 5.73 Å². The molecule has 0 saturated carbocycles. The van der Waals surface area contributed by atoms with Gasteiger partial charge in [0.2, 0.25) is 0 Å². The summed E-state index contributed by atoms with van der Waals surface area (Å²) in [6.45, 7) is 3.05. The van der Waals surface area contributed by atoms with Crippen LogP contribution in [0.15, 0.2) is 42.5 Å². The van der Waals surface area contributed by atoms with Crippen molar-refractivity contribution in [2.45, 2.75) is 25.8 Å². The monoisotopic (exact) mass is 460 g/mol. The number of benzene rings is 1. The standard InChI is InChI=1S/C22H22Cl2N4OS/c23-14-7-8-18(24)16(11-14)19-12-17(21(25)29)22(30-19)27-20-6-4-5-15(26-20)13-28-9-2-1-3-10-28/h4-8,11-12H,1-3,9-10,13H2,(H2,25,29)(H,26,27). The van der Waals surface area contributed by atoms with E-state index < -0.39 is 5.91 Å². The van der Waals surface area contributed by atoms with Crippen LogP contribution in [-0.4, -0.2) is 28.9 Å². The van der Waals surface area contributed by atoms with E-state index in [0.29, 0.717) is 26.4 Å². The Bertz CT molecular complexity index is 1060. The van der Waals surface area contributed by atoms with Gasteiger partial charge in [0.25, 0.3) is 5.91 Å². The Kier molecular flexibility index (Phi) is 6.58. The van der Waals surface area contributed by atoms with Crippen LogP contribution in [0.1, 0.15) is 35.3 Å². The first-order valence-electron chi connectivity index (χ1n) is 9.84. The van der Waals surface area contributed by atoms with Gasteiger partial charge in [-0.05, 0) is 62.3 Å². The SMILES string of the molecule is NC(=O)c1cc(-c2cc(Cl)ccc2Cl)sc1Nc1cccc(CN2CCCCC2)n1. The number of pyridine rings is 1. The lowest BCUT2D eigenvalue weighted by molar-refractivity contribution is 0.100. The van der Waals surface area contributed by atoms with Crippen LogP contribution in [0.4, 0.5) is 10.8 Å². The van der Waals surface area contributed by atoms with E-state index in [0.717, 1.165) is 35.8 Å². The van der Waals surface area contributed by atoms with Gasteiger partial charge in [0.15, 0.2) is 0 Å². The van der Waals surface area contributed by atoms with Crippen molar-refractivity contribution in [3.05, 3.63) is 63.8 Å². The first-order chi connectivity index (χ1) is 14.5. The number of anilines is 2. The van der Waals surface area contributed by atoms with Gasteiger partial charge in [-0.25, -0.2) is 4.98 Å². The first-order valence-corrected chi connectivity index (χ1v) is 11.4. The fourth-order valence-corrected chi connectivity index (χ4v) is 5.13. The highest BCUT2D eigenvalue weighted by atomic mass is 35.5. The molecule has 0 spiro atoms. The molecule has 0 radical (unpaired) electrons. The Balaban J connectivity index is 1.59. The molecule has 4 rings (SSSR count). The molecule has 1 saturated heterocycles. The van der Waals surface area contributed by atoms with Crippen LogP contribution in [0.25, 0.3) is 10.4 Å². The summed E-state index contributed by atoms with van der Waals surface area (Å²) < 4.78 is 0. The van der Waals surface area contributed by atoms with Crippen LogP contribution in [0, 0.1) is 0 Å². The summed E-state index contributed by atoms with van der Waals surface area (Å²) in [6.07, 6.45) is 3.78. The summed E-state index contributed by atoms with van der Waals surface area (Å²) in [5, 5.41) is 5.04. The maximum absolute atomic E-state index is 12.0. The summed E-state index contributed by atoms with van der Waals surface area (Å²) >= 11 is 13.9. The summed E-state index contributed by atoms with van der Waals surface area (Å²) in [7, 11) is 0. The highest BCUT2D eigenvalue weighted by Crippen LogP contribution is 2.40. The second-order valence-electron chi connectivity index (χ2n) is 7.32. The van der Waals surface area contributed by atoms with E-state index >= 15 is 0 Å². The number of carbonyl (C=O) groups excluding carboxylic acids is 1. The van der Waals surface area contributed by atoms with E-state index in [4.69, 9.17) is 33.9 Å². The van der Waals surface area contributed by atoms with Gasteiger partial charge in [0, 0.05) is 27.0 Å². The molecule has 156 valence electrons. The Morgan fingerprint density at radius 2 is 1.93 bits per heavy atom. The minimum absolute atomic E-state index is 0.397. The van der Waals surface area contributed by atoms with E-state index in [2.05, 4.69) is 10.2 Å². The minimum Gasteiger partial charge on any atom is -0.366 e. The highest BCUT2D eigenvalue weighted by molar-refractivity contribution is 7.20. The van der Waals surface area contributed by atoms with E-state index in [-0.39, 0.29) is 0 Å². The van der Waals surface area contributed by atoms with Crippen molar-refractivity contribution in [3.63, 3.8) is 0 Å². The lowest BCUT2D eigenvalue weighted by atomic mass is 10.1. The van der Waals surface area contributed by atoms with Gasteiger partial charge in [0.1, 0.15) is 10.8 Å². The maximum Gasteiger partial charge on any atom is 0.251 e. The number of rotatable bonds is 6. The summed E-state index contributed by atoms with van der Waals surface area (Å²) in [4.78, 5) is 20.0. The number of thiophene rings is 1. The van der Waals surface area contributed by atoms with E-state index in [1.165, 1.54) is 30.6 Å². The molecule has 0 unspecified atom stereocenters. The molecule has 1 aromatic carbocycles. The number of nitrogens with zero attached hydrogens (tertiary/aromatic N) is 2. The predicted octanol–water partition coefficient (Wildman–Crippen LogP) is 5.95. The molecule has 2 aromatic heterocycles. The normalized spacial score (nSPS) is 14.6. The molecule has 1 fully saturated rings. The quantitative estimate of drug-likeness (QED) is 0.476. The van der Waals surface area contributed by atoms with Crippen molar-refractivity contribution in [2.75, 3.05) is 18.4 Å². The minimum atomic E-state index is -0.511. The van der Waals surface area contributed by atoms with E-state index in [9.17, 15) is 4.79 Å². The Labute approximate surface area is 189 Å². The number of nitrogens with one attached hydrogen (secondary N) is 1. The van der Waals surface area contributed by atoms with E-state index in [1.54, 1.807) is 24.3 Å². The largest absolute Gasteiger partial charge is 0.366 e. The topological polar surface area (TPSA) is 71.2 Å². The number of carbonyl (C=O) groups is 1. The van der Waals surface area contributed by atoms with Crippen molar-refractivity contribution >= 4 is 51.3 Å². The zero-order chi connectivity index (χ0) is 21.1. The molecule has 1 amide bonds. The number of amides is 1. The molecule has 3 aromatic rings. The molecule has 1 aliphatic rings. The van der Waals surface area contributed by atoms with Crippen LogP contribution in [0.5, 0.6) is 0 Å². The number of likely N-dealkylation sites (tertiary alicyclic amines) is 1. The second-order valence-corrected chi connectivity index (χ2v) is 9.21. The van der Waals surface area contributed by atoms with Gasteiger partial charge in [0.05, 0.1) is 11.3 Å². The molecular formula is C22H22Cl2N4OS. The lowest BCUT2D eigenvalue weighted by Crippen LogP contribution is -2.29. The van der Waals surface area contributed by atoms with Gasteiger partial charge in [-0.3, -0.25) is 9.69 Å². The summed E-state index contributed by atoms with van der Waals surface area (Å²) in [5.74, 6) is 0.167. The van der Waals surface area contributed by atoms with Gasteiger partial charge < -0.3 is 11.1 Å². The lowest BCUT2D eigenvalue weighted by Gasteiger charge is -2.26. The van der Waals surface area contributed by atoms with Gasteiger partial charge >= 0.3 is 0 Å². The fraction of sp³-hybridized carbons (Fsp3) is 0.273. The molecule has 30 heavy (non-hydrogen) atoms. The average Bonchev–Trinajstić information content (AvgIpc) is 3.15. The average molecular weight is 461 g/mol. The zero-order valence-electron chi connectivity index (χ0n) is 16.3. The fourth-order valence-electron chi connectivity index (χ4n) is 3.59. The number of hydrogen-bond donors (Lipinski definition) is 2. The van der Waals surface area contributed by atoms with Crippen molar-refractivity contribution in [3.8, 4) is 10.4 Å². The number of piperidine rings is 1. The first kappa shape index (κ1) is 21.1. The van der Waals surface area contributed by atoms with Crippen LogP contribution in [0.2, 0.25) is 10.0 Å². The maximum atomic E-state index is 12.0.